The number of nitrogens with zero attached hydrogens (tertiary/aromatic N) is 3. The molecule has 4 heterocycles. The first-order valence-corrected chi connectivity index (χ1v) is 19.7. The fourth-order valence-corrected chi connectivity index (χ4v) is 9.31. The summed E-state index contributed by atoms with van der Waals surface area (Å²) in [5, 5.41) is 7.85. The van der Waals surface area contributed by atoms with Crippen molar-refractivity contribution >= 4 is 65.4 Å². The largest absolute Gasteiger partial charge is 0.380 e. The number of hydrogen-bond donors (Lipinski definition) is 0. The van der Waals surface area contributed by atoms with E-state index in [1.165, 1.54) is 108 Å². The Kier molecular flexibility index (Phi) is 7.73. The van der Waals surface area contributed by atoms with Gasteiger partial charge in [-0.1, -0.05) is 107 Å². The lowest BCUT2D eigenvalue weighted by atomic mass is 9.88. The van der Waals surface area contributed by atoms with Crippen LogP contribution >= 0.6 is 0 Å². The monoisotopic (exact) mass is 693 g/mol. The average molecular weight is 694 g/mol. The summed E-state index contributed by atoms with van der Waals surface area (Å²) in [7, 11) is 0. The number of fused-ring (bicyclic) bond motifs is 9. The molecule has 53 heavy (non-hydrogen) atoms. The molecule has 0 amide bonds. The van der Waals surface area contributed by atoms with Crippen LogP contribution in [0, 0.1) is 11.3 Å². The molecule has 6 aromatic carbocycles. The van der Waals surface area contributed by atoms with Crippen molar-refractivity contribution in [3.63, 3.8) is 0 Å². The standard InChI is InChI=1S/C49H47N3O/c1-4-6-13-33(5-2)29-50-43-17-10-7-15-38(43)42-28-36(22-25-45(42)50)52-47-19-12-9-16-39(47)41-27-35(21-24-48(41)52)34-20-23-46-40(26-34)37-14-8-11-18-44(37)51(46)30-49(3)31-53-32-49/h7-12,14-28,33H,4-6,13,29-32H2,1-3H3. The molecule has 9 aromatic rings. The Hall–Kier alpha value is -5.32. The number of rotatable bonds is 10. The minimum atomic E-state index is 0.181. The molecule has 1 unspecified atom stereocenters. The Labute approximate surface area is 311 Å². The quantitative estimate of drug-likeness (QED) is 0.140. The van der Waals surface area contributed by atoms with Crippen LogP contribution in [-0.2, 0) is 17.8 Å². The molecule has 0 bridgehead atoms. The fraction of sp³-hybridized carbons (Fsp3) is 0.265. The lowest BCUT2D eigenvalue weighted by Gasteiger charge is -2.38. The van der Waals surface area contributed by atoms with Crippen LogP contribution in [0.3, 0.4) is 0 Å². The molecular formula is C49H47N3O. The second-order valence-electron chi connectivity index (χ2n) is 16.0. The molecule has 1 aliphatic rings. The third-order valence-electron chi connectivity index (χ3n) is 12.2. The minimum Gasteiger partial charge on any atom is -0.380 e. The van der Waals surface area contributed by atoms with Gasteiger partial charge in [-0.25, -0.2) is 0 Å². The summed E-state index contributed by atoms with van der Waals surface area (Å²) in [5.74, 6) is 0.686. The smallest absolute Gasteiger partial charge is 0.0559 e. The van der Waals surface area contributed by atoms with Crippen LogP contribution in [0.15, 0.2) is 127 Å². The second kappa shape index (κ2) is 12.7. The average Bonchev–Trinajstić information content (AvgIpc) is 3.80. The van der Waals surface area contributed by atoms with Crippen LogP contribution in [0.5, 0.6) is 0 Å². The van der Waals surface area contributed by atoms with Gasteiger partial charge < -0.3 is 18.4 Å². The van der Waals surface area contributed by atoms with E-state index in [1.807, 2.05) is 0 Å². The van der Waals surface area contributed by atoms with E-state index in [-0.39, 0.29) is 5.41 Å². The van der Waals surface area contributed by atoms with Gasteiger partial charge in [0, 0.05) is 78.6 Å². The fourth-order valence-electron chi connectivity index (χ4n) is 9.31. The highest BCUT2D eigenvalue weighted by atomic mass is 16.5. The lowest BCUT2D eigenvalue weighted by molar-refractivity contribution is -0.109. The van der Waals surface area contributed by atoms with Crippen LogP contribution < -0.4 is 0 Å². The first kappa shape index (κ1) is 32.3. The SMILES string of the molecule is CCCCC(CC)Cn1c2ccccc2c2cc(-n3c4ccccc4c4cc(-c5ccc6c(c5)c5ccccc5n6CC5(C)COC5)ccc43)ccc21. The summed E-state index contributed by atoms with van der Waals surface area (Å²) in [6.07, 6.45) is 5.05. The third-order valence-corrected chi connectivity index (χ3v) is 12.2. The molecule has 1 fully saturated rings. The molecule has 0 saturated carbocycles. The zero-order chi connectivity index (χ0) is 35.7. The molecule has 0 N–H and O–H groups in total. The molecule has 1 atom stereocenters. The topological polar surface area (TPSA) is 24.0 Å². The summed E-state index contributed by atoms with van der Waals surface area (Å²) in [6.45, 7) is 10.7. The van der Waals surface area contributed by atoms with Gasteiger partial charge in [0.1, 0.15) is 0 Å². The molecule has 4 nitrogen and oxygen atoms in total. The molecule has 10 rings (SSSR count). The number of para-hydroxylation sites is 3. The van der Waals surface area contributed by atoms with Crippen LogP contribution in [0.25, 0.3) is 82.2 Å². The predicted molar refractivity (Wildman–Crippen MR) is 224 cm³/mol. The van der Waals surface area contributed by atoms with Crippen LogP contribution in [0.1, 0.15) is 46.5 Å². The van der Waals surface area contributed by atoms with E-state index in [0.717, 1.165) is 26.3 Å². The number of ether oxygens (including phenoxy) is 1. The molecule has 0 radical (unpaired) electrons. The number of unbranched alkanes of at least 4 members (excludes halogenated alkanes) is 1. The third kappa shape index (κ3) is 5.21. The number of benzene rings is 6. The van der Waals surface area contributed by atoms with Gasteiger partial charge >= 0.3 is 0 Å². The van der Waals surface area contributed by atoms with E-state index in [0.29, 0.717) is 5.92 Å². The van der Waals surface area contributed by atoms with Crippen LogP contribution in [0.4, 0.5) is 0 Å². The van der Waals surface area contributed by atoms with Crippen molar-refractivity contribution in [2.24, 2.45) is 11.3 Å². The Morgan fingerprint density at radius 3 is 1.72 bits per heavy atom. The van der Waals surface area contributed by atoms with E-state index in [9.17, 15) is 0 Å². The molecule has 1 saturated heterocycles. The van der Waals surface area contributed by atoms with Gasteiger partial charge in [-0.15, -0.1) is 0 Å². The van der Waals surface area contributed by atoms with Gasteiger partial charge in [0.2, 0.25) is 0 Å². The van der Waals surface area contributed by atoms with Crippen molar-refractivity contribution in [2.45, 2.75) is 59.5 Å². The van der Waals surface area contributed by atoms with Crippen LogP contribution in [0.2, 0.25) is 0 Å². The molecule has 264 valence electrons. The molecule has 0 aliphatic carbocycles. The van der Waals surface area contributed by atoms with Gasteiger partial charge in [0.25, 0.3) is 0 Å². The predicted octanol–water partition coefficient (Wildman–Crippen LogP) is 12.9. The van der Waals surface area contributed by atoms with Gasteiger partial charge in [0.05, 0.1) is 24.2 Å². The van der Waals surface area contributed by atoms with Crippen molar-refractivity contribution in [1.29, 1.82) is 0 Å². The normalized spacial score (nSPS) is 15.0. The highest BCUT2D eigenvalue weighted by molar-refractivity contribution is 6.13. The minimum absolute atomic E-state index is 0.181. The summed E-state index contributed by atoms with van der Waals surface area (Å²) < 4.78 is 13.2. The highest BCUT2D eigenvalue weighted by Gasteiger charge is 2.34. The zero-order valence-corrected chi connectivity index (χ0v) is 31.1. The molecular weight excluding hydrogens is 647 g/mol. The van der Waals surface area contributed by atoms with E-state index >= 15 is 0 Å². The van der Waals surface area contributed by atoms with Crippen molar-refractivity contribution in [2.75, 3.05) is 13.2 Å². The van der Waals surface area contributed by atoms with E-state index in [2.05, 4.69) is 162 Å². The molecule has 4 heteroatoms. The number of hydrogen-bond acceptors (Lipinski definition) is 1. The first-order valence-electron chi connectivity index (χ1n) is 19.7. The highest BCUT2D eigenvalue weighted by Crippen LogP contribution is 2.40. The molecule has 1 aliphatic heterocycles. The van der Waals surface area contributed by atoms with Crippen molar-refractivity contribution < 1.29 is 4.74 Å². The zero-order valence-electron chi connectivity index (χ0n) is 31.1. The van der Waals surface area contributed by atoms with E-state index in [1.54, 1.807) is 0 Å². The van der Waals surface area contributed by atoms with Crippen molar-refractivity contribution in [3.8, 4) is 16.8 Å². The summed E-state index contributed by atoms with van der Waals surface area (Å²) in [5.41, 5.74) is 11.6. The Morgan fingerprint density at radius 1 is 0.566 bits per heavy atom. The summed E-state index contributed by atoms with van der Waals surface area (Å²) in [6, 6.07) is 48.0. The molecule has 0 spiro atoms. The maximum absolute atomic E-state index is 5.63. The molecule has 3 aromatic heterocycles. The van der Waals surface area contributed by atoms with Gasteiger partial charge in [0.15, 0.2) is 0 Å². The lowest BCUT2D eigenvalue weighted by Crippen LogP contribution is -2.43. The Balaban J connectivity index is 1.10. The van der Waals surface area contributed by atoms with Gasteiger partial charge in [-0.2, -0.15) is 0 Å². The number of aromatic nitrogens is 3. The van der Waals surface area contributed by atoms with E-state index < -0.39 is 0 Å². The maximum Gasteiger partial charge on any atom is 0.0559 e. The Bertz CT molecular complexity index is 2830. The van der Waals surface area contributed by atoms with Crippen LogP contribution in [-0.4, -0.2) is 26.9 Å². The maximum atomic E-state index is 5.63. The van der Waals surface area contributed by atoms with E-state index in [4.69, 9.17) is 4.74 Å². The Morgan fingerprint density at radius 2 is 1.08 bits per heavy atom. The van der Waals surface area contributed by atoms with Gasteiger partial charge in [-0.3, -0.25) is 0 Å². The second-order valence-corrected chi connectivity index (χ2v) is 16.0. The van der Waals surface area contributed by atoms with Crippen molar-refractivity contribution in [3.05, 3.63) is 127 Å². The van der Waals surface area contributed by atoms with Gasteiger partial charge in [-0.05, 0) is 84.1 Å². The first-order chi connectivity index (χ1) is 26.0. The summed E-state index contributed by atoms with van der Waals surface area (Å²) in [4.78, 5) is 0. The van der Waals surface area contributed by atoms with Crippen molar-refractivity contribution in [1.82, 2.24) is 13.7 Å². The summed E-state index contributed by atoms with van der Waals surface area (Å²) >= 11 is 0.